The lowest BCUT2D eigenvalue weighted by Crippen LogP contribution is -2.48. The van der Waals surface area contributed by atoms with E-state index < -0.39 is 0 Å². The van der Waals surface area contributed by atoms with Gasteiger partial charge in [0.25, 0.3) is 0 Å². The highest BCUT2D eigenvalue weighted by atomic mass is 16.2. The molecule has 0 unspecified atom stereocenters. The van der Waals surface area contributed by atoms with Crippen molar-refractivity contribution in [3.8, 4) is 0 Å². The number of pyridine rings is 1. The minimum absolute atomic E-state index is 0.304. The van der Waals surface area contributed by atoms with E-state index in [0.29, 0.717) is 12.3 Å². The average molecular weight is 247 g/mol. The molecule has 2 rings (SSSR count). The number of nitrogens with zero attached hydrogens (tertiary/aromatic N) is 3. The molecule has 0 radical (unpaired) electrons. The molecule has 1 amide bonds. The summed E-state index contributed by atoms with van der Waals surface area (Å²) in [7, 11) is 0. The van der Waals surface area contributed by atoms with Crippen LogP contribution >= 0.6 is 0 Å². The van der Waals surface area contributed by atoms with Gasteiger partial charge in [0, 0.05) is 51.5 Å². The van der Waals surface area contributed by atoms with Gasteiger partial charge >= 0.3 is 0 Å². The Balaban J connectivity index is 1.78. The number of rotatable bonds is 4. The summed E-state index contributed by atoms with van der Waals surface area (Å²) in [6, 6.07) is 4.07. The number of carbonyl (C=O) groups is 1. The average Bonchev–Trinajstić information content (AvgIpc) is 2.41. The predicted octanol–water partition coefficient (Wildman–Crippen LogP) is 1.53. The van der Waals surface area contributed by atoms with E-state index in [2.05, 4.69) is 22.9 Å². The molecule has 0 atom stereocenters. The van der Waals surface area contributed by atoms with Crippen LogP contribution in [-0.4, -0.2) is 46.9 Å². The Morgan fingerprint density at radius 2 is 2.11 bits per heavy atom. The zero-order valence-corrected chi connectivity index (χ0v) is 11.0. The second-order valence-electron chi connectivity index (χ2n) is 4.77. The number of hydrogen-bond acceptors (Lipinski definition) is 3. The number of hydrogen-bond donors (Lipinski definition) is 0. The van der Waals surface area contributed by atoms with Gasteiger partial charge in [0.1, 0.15) is 0 Å². The van der Waals surface area contributed by atoms with Crippen molar-refractivity contribution in [3.63, 3.8) is 0 Å². The molecule has 1 aromatic heterocycles. The van der Waals surface area contributed by atoms with Crippen LogP contribution in [0.1, 0.15) is 25.3 Å². The summed E-state index contributed by atoms with van der Waals surface area (Å²) in [5.74, 6) is 0.304. The van der Waals surface area contributed by atoms with Crippen molar-refractivity contribution >= 4 is 5.91 Å². The number of aromatic nitrogens is 1. The van der Waals surface area contributed by atoms with E-state index in [0.717, 1.165) is 39.1 Å². The molecule has 0 saturated carbocycles. The van der Waals surface area contributed by atoms with Crippen molar-refractivity contribution in [1.29, 1.82) is 0 Å². The van der Waals surface area contributed by atoms with Gasteiger partial charge in [-0.3, -0.25) is 14.7 Å². The normalized spacial score (nSPS) is 16.8. The molecular weight excluding hydrogens is 226 g/mol. The van der Waals surface area contributed by atoms with E-state index in [1.54, 1.807) is 6.20 Å². The van der Waals surface area contributed by atoms with Crippen LogP contribution in [-0.2, 0) is 11.3 Å². The maximum atomic E-state index is 11.8. The van der Waals surface area contributed by atoms with E-state index in [1.807, 2.05) is 17.2 Å². The van der Waals surface area contributed by atoms with Gasteiger partial charge < -0.3 is 4.90 Å². The Bertz CT molecular complexity index is 372. The van der Waals surface area contributed by atoms with Gasteiger partial charge in [-0.1, -0.05) is 13.0 Å². The first-order valence-electron chi connectivity index (χ1n) is 6.68. The van der Waals surface area contributed by atoms with Crippen LogP contribution < -0.4 is 0 Å². The number of piperazine rings is 1. The molecule has 4 heteroatoms. The second kappa shape index (κ2) is 6.50. The summed E-state index contributed by atoms with van der Waals surface area (Å²) in [5.41, 5.74) is 1.24. The molecule has 1 aliphatic rings. The SMILES string of the molecule is CCCC(=O)N1CCN(Cc2cccnc2)CC1. The molecule has 2 heterocycles. The highest BCUT2D eigenvalue weighted by Gasteiger charge is 2.20. The molecule has 1 aromatic rings. The Hall–Kier alpha value is -1.42. The topological polar surface area (TPSA) is 36.4 Å². The van der Waals surface area contributed by atoms with Crippen LogP contribution in [0.25, 0.3) is 0 Å². The molecule has 0 aliphatic carbocycles. The Kier molecular flexibility index (Phi) is 4.70. The highest BCUT2D eigenvalue weighted by Crippen LogP contribution is 2.08. The van der Waals surface area contributed by atoms with Crippen molar-refractivity contribution in [2.24, 2.45) is 0 Å². The van der Waals surface area contributed by atoms with Crippen molar-refractivity contribution in [3.05, 3.63) is 30.1 Å². The smallest absolute Gasteiger partial charge is 0.222 e. The van der Waals surface area contributed by atoms with E-state index in [9.17, 15) is 4.79 Å². The van der Waals surface area contributed by atoms with E-state index in [-0.39, 0.29) is 0 Å². The predicted molar refractivity (Wildman–Crippen MR) is 71.0 cm³/mol. The van der Waals surface area contributed by atoms with Gasteiger partial charge in [-0.05, 0) is 18.1 Å². The summed E-state index contributed by atoms with van der Waals surface area (Å²) in [6.07, 6.45) is 5.33. The molecule has 98 valence electrons. The van der Waals surface area contributed by atoms with Crippen molar-refractivity contribution in [2.75, 3.05) is 26.2 Å². The lowest BCUT2D eigenvalue weighted by atomic mass is 10.2. The molecule has 4 nitrogen and oxygen atoms in total. The number of amides is 1. The van der Waals surface area contributed by atoms with Gasteiger partial charge in [0.05, 0.1) is 0 Å². The molecule has 18 heavy (non-hydrogen) atoms. The summed E-state index contributed by atoms with van der Waals surface area (Å²) in [5, 5.41) is 0. The number of carbonyl (C=O) groups excluding carboxylic acids is 1. The first-order valence-corrected chi connectivity index (χ1v) is 6.68. The summed E-state index contributed by atoms with van der Waals surface area (Å²) < 4.78 is 0. The molecule has 1 aliphatic heterocycles. The minimum Gasteiger partial charge on any atom is -0.340 e. The fourth-order valence-electron chi connectivity index (χ4n) is 2.28. The lowest BCUT2D eigenvalue weighted by Gasteiger charge is -2.34. The molecule has 1 fully saturated rings. The van der Waals surface area contributed by atoms with E-state index in [1.165, 1.54) is 5.56 Å². The van der Waals surface area contributed by atoms with Gasteiger partial charge in [-0.25, -0.2) is 0 Å². The Labute approximate surface area is 109 Å². The summed E-state index contributed by atoms with van der Waals surface area (Å²) in [4.78, 5) is 20.3. The summed E-state index contributed by atoms with van der Waals surface area (Å²) in [6.45, 7) is 6.63. The molecule has 0 spiro atoms. The molecule has 0 N–H and O–H groups in total. The van der Waals surface area contributed by atoms with Crippen LogP contribution in [0, 0.1) is 0 Å². The maximum absolute atomic E-state index is 11.8. The standard InChI is InChI=1S/C14H21N3O/c1-2-4-14(18)17-9-7-16(8-10-17)12-13-5-3-6-15-11-13/h3,5-6,11H,2,4,7-10,12H2,1H3. The highest BCUT2D eigenvalue weighted by molar-refractivity contribution is 5.76. The third-order valence-electron chi connectivity index (χ3n) is 3.32. The maximum Gasteiger partial charge on any atom is 0.222 e. The van der Waals surface area contributed by atoms with Crippen LogP contribution in [0.15, 0.2) is 24.5 Å². The Morgan fingerprint density at radius 3 is 2.72 bits per heavy atom. The minimum atomic E-state index is 0.304. The molecule has 0 aromatic carbocycles. The fourth-order valence-corrected chi connectivity index (χ4v) is 2.28. The lowest BCUT2D eigenvalue weighted by molar-refractivity contribution is -0.133. The Morgan fingerprint density at radius 1 is 1.33 bits per heavy atom. The van der Waals surface area contributed by atoms with Gasteiger partial charge in [0.2, 0.25) is 5.91 Å². The van der Waals surface area contributed by atoms with Crippen molar-refractivity contribution < 1.29 is 4.79 Å². The van der Waals surface area contributed by atoms with Crippen LogP contribution in [0.3, 0.4) is 0 Å². The second-order valence-corrected chi connectivity index (χ2v) is 4.77. The van der Waals surface area contributed by atoms with Crippen molar-refractivity contribution in [2.45, 2.75) is 26.3 Å². The third-order valence-corrected chi connectivity index (χ3v) is 3.32. The third kappa shape index (κ3) is 3.53. The van der Waals surface area contributed by atoms with Crippen LogP contribution in [0.2, 0.25) is 0 Å². The fraction of sp³-hybridized carbons (Fsp3) is 0.571. The molecule has 0 bridgehead atoms. The zero-order chi connectivity index (χ0) is 12.8. The van der Waals surface area contributed by atoms with Crippen molar-refractivity contribution in [1.82, 2.24) is 14.8 Å². The molecular formula is C14H21N3O. The monoisotopic (exact) mass is 247 g/mol. The van der Waals surface area contributed by atoms with E-state index >= 15 is 0 Å². The quantitative estimate of drug-likeness (QED) is 0.809. The first-order chi connectivity index (χ1) is 8.79. The van der Waals surface area contributed by atoms with Crippen LogP contribution in [0.5, 0.6) is 0 Å². The zero-order valence-electron chi connectivity index (χ0n) is 11.0. The van der Waals surface area contributed by atoms with Crippen LogP contribution in [0.4, 0.5) is 0 Å². The first kappa shape index (κ1) is 13.0. The van der Waals surface area contributed by atoms with E-state index in [4.69, 9.17) is 0 Å². The van der Waals surface area contributed by atoms with Gasteiger partial charge in [-0.15, -0.1) is 0 Å². The summed E-state index contributed by atoms with van der Waals surface area (Å²) >= 11 is 0. The van der Waals surface area contributed by atoms with Gasteiger partial charge in [-0.2, -0.15) is 0 Å². The largest absolute Gasteiger partial charge is 0.340 e. The van der Waals surface area contributed by atoms with Gasteiger partial charge in [0.15, 0.2) is 0 Å². The molecule has 1 saturated heterocycles.